The standard InChI is InChI=1S/C10H9ClFN3O3S/c1-15-5-6(4-13-15)19(17,18)14-9-2-7(11)8(12)3-10(9)16/h2-5,14,16H,1H3. The summed E-state index contributed by atoms with van der Waals surface area (Å²) < 4.78 is 40.4. The molecule has 2 rings (SSSR count). The molecular weight excluding hydrogens is 297 g/mol. The highest BCUT2D eigenvalue weighted by molar-refractivity contribution is 7.92. The number of benzene rings is 1. The van der Waals surface area contributed by atoms with Gasteiger partial charge in [-0.25, -0.2) is 12.8 Å². The molecule has 0 aliphatic heterocycles. The summed E-state index contributed by atoms with van der Waals surface area (Å²) >= 11 is 5.53. The average Bonchev–Trinajstić information content (AvgIpc) is 2.73. The lowest BCUT2D eigenvalue weighted by Gasteiger charge is -2.08. The van der Waals surface area contributed by atoms with Gasteiger partial charge in [-0.15, -0.1) is 0 Å². The monoisotopic (exact) mass is 305 g/mol. The molecule has 0 amide bonds. The van der Waals surface area contributed by atoms with Gasteiger partial charge in [-0.3, -0.25) is 9.40 Å². The largest absolute Gasteiger partial charge is 0.506 e. The molecule has 0 aliphatic carbocycles. The summed E-state index contributed by atoms with van der Waals surface area (Å²) in [5, 5.41) is 12.9. The zero-order chi connectivity index (χ0) is 14.2. The van der Waals surface area contributed by atoms with Gasteiger partial charge in [-0.05, 0) is 6.07 Å². The highest BCUT2D eigenvalue weighted by atomic mass is 35.5. The number of nitrogens with one attached hydrogen (secondary N) is 1. The highest BCUT2D eigenvalue weighted by Gasteiger charge is 2.19. The van der Waals surface area contributed by atoms with Gasteiger partial charge in [0.1, 0.15) is 16.5 Å². The van der Waals surface area contributed by atoms with Gasteiger partial charge in [0.25, 0.3) is 10.0 Å². The van der Waals surface area contributed by atoms with E-state index in [4.69, 9.17) is 11.6 Å². The maximum atomic E-state index is 13.0. The predicted molar refractivity (Wildman–Crippen MR) is 67.1 cm³/mol. The van der Waals surface area contributed by atoms with E-state index in [-0.39, 0.29) is 15.6 Å². The number of hydrogen-bond donors (Lipinski definition) is 2. The van der Waals surface area contributed by atoms with Gasteiger partial charge < -0.3 is 5.11 Å². The Kier molecular flexibility index (Phi) is 3.38. The molecule has 0 unspecified atom stereocenters. The molecule has 0 bridgehead atoms. The molecule has 1 heterocycles. The minimum atomic E-state index is -3.92. The summed E-state index contributed by atoms with van der Waals surface area (Å²) in [6.45, 7) is 0. The Morgan fingerprint density at radius 2 is 2.16 bits per heavy atom. The Morgan fingerprint density at radius 3 is 2.74 bits per heavy atom. The van der Waals surface area contributed by atoms with Gasteiger partial charge in [-0.1, -0.05) is 11.6 Å². The third-order valence-corrected chi connectivity index (χ3v) is 3.88. The zero-order valence-corrected chi connectivity index (χ0v) is 11.2. The summed E-state index contributed by atoms with van der Waals surface area (Å²) in [6.07, 6.45) is 2.43. The molecule has 0 saturated heterocycles. The number of phenols is 1. The molecule has 6 nitrogen and oxygen atoms in total. The minimum absolute atomic E-state index is 0.0881. The topological polar surface area (TPSA) is 84.2 Å². The van der Waals surface area contributed by atoms with E-state index in [1.807, 2.05) is 0 Å². The summed E-state index contributed by atoms with van der Waals surface area (Å²) in [5.41, 5.74) is -0.213. The van der Waals surface area contributed by atoms with Gasteiger partial charge in [-0.2, -0.15) is 5.10 Å². The lowest BCUT2D eigenvalue weighted by Crippen LogP contribution is -2.12. The predicted octanol–water partition coefficient (Wildman–Crippen LogP) is 1.72. The minimum Gasteiger partial charge on any atom is -0.506 e. The van der Waals surface area contributed by atoms with E-state index >= 15 is 0 Å². The molecule has 2 N–H and O–H groups in total. The van der Waals surface area contributed by atoms with Crippen LogP contribution in [-0.4, -0.2) is 23.3 Å². The van der Waals surface area contributed by atoms with Crippen molar-refractivity contribution in [2.75, 3.05) is 4.72 Å². The van der Waals surface area contributed by atoms with Crippen molar-refractivity contribution in [3.05, 3.63) is 35.4 Å². The number of rotatable bonds is 3. The fourth-order valence-corrected chi connectivity index (χ4v) is 2.57. The van der Waals surface area contributed by atoms with Crippen LogP contribution in [0.3, 0.4) is 0 Å². The number of sulfonamides is 1. The molecular formula is C10H9ClFN3O3S. The Hall–Kier alpha value is -1.80. The van der Waals surface area contributed by atoms with Crippen molar-refractivity contribution < 1.29 is 17.9 Å². The third kappa shape index (κ3) is 2.79. The van der Waals surface area contributed by atoms with E-state index in [1.54, 1.807) is 7.05 Å². The van der Waals surface area contributed by atoms with Crippen LogP contribution in [0.25, 0.3) is 0 Å². The number of hydrogen-bond acceptors (Lipinski definition) is 4. The maximum Gasteiger partial charge on any atom is 0.265 e. The summed E-state index contributed by atoms with van der Waals surface area (Å²) in [7, 11) is -2.36. The molecule has 0 aliphatic rings. The molecule has 19 heavy (non-hydrogen) atoms. The number of nitrogens with zero attached hydrogens (tertiary/aromatic N) is 2. The van der Waals surface area contributed by atoms with Gasteiger partial charge in [0.2, 0.25) is 0 Å². The van der Waals surface area contributed by atoms with E-state index in [0.29, 0.717) is 0 Å². The first kappa shape index (κ1) is 13.6. The lowest BCUT2D eigenvalue weighted by molar-refractivity contribution is 0.471. The lowest BCUT2D eigenvalue weighted by atomic mass is 10.3. The first-order valence-electron chi connectivity index (χ1n) is 4.99. The second-order valence-electron chi connectivity index (χ2n) is 3.74. The van der Waals surface area contributed by atoms with E-state index < -0.39 is 21.6 Å². The van der Waals surface area contributed by atoms with E-state index in [2.05, 4.69) is 9.82 Å². The van der Waals surface area contributed by atoms with Crippen molar-refractivity contribution in [2.24, 2.45) is 7.05 Å². The Labute approximate surface area is 113 Å². The molecule has 9 heteroatoms. The highest BCUT2D eigenvalue weighted by Crippen LogP contribution is 2.31. The number of halogens is 2. The molecule has 2 aromatic rings. The van der Waals surface area contributed by atoms with Crippen molar-refractivity contribution in [1.29, 1.82) is 0 Å². The molecule has 0 saturated carbocycles. The van der Waals surface area contributed by atoms with Crippen LogP contribution in [-0.2, 0) is 17.1 Å². The Morgan fingerprint density at radius 1 is 1.47 bits per heavy atom. The van der Waals surface area contributed by atoms with Crippen LogP contribution in [0.15, 0.2) is 29.4 Å². The second-order valence-corrected chi connectivity index (χ2v) is 5.83. The first-order valence-corrected chi connectivity index (χ1v) is 6.85. The average molecular weight is 306 g/mol. The Bertz CT molecular complexity index is 730. The van der Waals surface area contributed by atoms with E-state index in [1.165, 1.54) is 10.9 Å². The molecule has 1 aromatic heterocycles. The first-order chi connectivity index (χ1) is 8.79. The molecule has 0 radical (unpaired) electrons. The molecule has 0 spiro atoms. The number of phenolic OH excluding ortho intramolecular Hbond substituents is 1. The molecule has 0 fully saturated rings. The van der Waals surface area contributed by atoms with Crippen molar-refractivity contribution in [2.45, 2.75) is 4.90 Å². The number of anilines is 1. The maximum absolute atomic E-state index is 13.0. The van der Waals surface area contributed by atoms with Crippen LogP contribution < -0.4 is 4.72 Å². The summed E-state index contributed by atoms with van der Waals surface area (Å²) in [6, 6.07) is 1.71. The van der Waals surface area contributed by atoms with Gasteiger partial charge in [0, 0.05) is 19.3 Å². The van der Waals surface area contributed by atoms with Gasteiger partial charge >= 0.3 is 0 Å². The molecule has 1 aromatic carbocycles. The van der Waals surface area contributed by atoms with E-state index in [9.17, 15) is 17.9 Å². The smallest absolute Gasteiger partial charge is 0.265 e. The normalized spacial score (nSPS) is 11.5. The van der Waals surface area contributed by atoms with Crippen molar-refractivity contribution in [1.82, 2.24) is 9.78 Å². The third-order valence-electron chi connectivity index (χ3n) is 2.27. The quantitative estimate of drug-likeness (QED) is 0.846. The van der Waals surface area contributed by atoms with Crippen LogP contribution in [0.5, 0.6) is 5.75 Å². The van der Waals surface area contributed by atoms with Crippen molar-refractivity contribution in [3.8, 4) is 5.75 Å². The van der Waals surface area contributed by atoms with Crippen molar-refractivity contribution >= 4 is 27.3 Å². The number of aromatic hydroxyl groups is 1. The van der Waals surface area contributed by atoms with Crippen molar-refractivity contribution in [3.63, 3.8) is 0 Å². The molecule has 102 valence electrons. The van der Waals surface area contributed by atoms with Crippen LogP contribution in [0, 0.1) is 5.82 Å². The Balaban J connectivity index is 2.38. The fourth-order valence-electron chi connectivity index (χ4n) is 1.36. The van der Waals surface area contributed by atoms with Crippen LogP contribution in [0.1, 0.15) is 0 Å². The van der Waals surface area contributed by atoms with Crippen LogP contribution >= 0.6 is 11.6 Å². The molecule has 0 atom stereocenters. The van der Waals surface area contributed by atoms with Crippen LogP contribution in [0.4, 0.5) is 10.1 Å². The van der Waals surface area contributed by atoms with Gasteiger partial charge in [0.05, 0.1) is 16.9 Å². The summed E-state index contributed by atoms with van der Waals surface area (Å²) in [4.78, 5) is -0.0881. The SMILES string of the molecule is Cn1cc(S(=O)(=O)Nc2cc(Cl)c(F)cc2O)cn1. The fraction of sp³-hybridized carbons (Fsp3) is 0.100. The number of aromatic nitrogens is 2. The second kappa shape index (κ2) is 4.71. The summed E-state index contributed by atoms with van der Waals surface area (Å²) in [5.74, 6) is -1.40. The number of aryl methyl sites for hydroxylation is 1. The van der Waals surface area contributed by atoms with Gasteiger partial charge in [0.15, 0.2) is 0 Å². The zero-order valence-electron chi connectivity index (χ0n) is 9.63. The van der Waals surface area contributed by atoms with Crippen LogP contribution in [0.2, 0.25) is 5.02 Å². The van der Waals surface area contributed by atoms with E-state index in [0.717, 1.165) is 18.3 Å².